The van der Waals surface area contributed by atoms with Crippen LogP contribution >= 0.6 is 0 Å². The first-order chi connectivity index (χ1) is 8.56. The zero-order chi connectivity index (χ0) is 13.1. The van der Waals surface area contributed by atoms with Crippen LogP contribution < -0.4 is 0 Å². The zero-order valence-corrected chi connectivity index (χ0v) is 11.3. The Morgan fingerprint density at radius 2 is 2.39 bits per heavy atom. The first-order valence-electron chi connectivity index (χ1n) is 6.43. The van der Waals surface area contributed by atoms with Gasteiger partial charge in [0.2, 0.25) is 0 Å². The standard InChI is InChI=1S/C13H21N3O2/c1-10(2)16-6-7-18-13(9-16)12(17)8-11-4-5-15(3)14-11/h4-5,10,13H,6-9H2,1-3H3. The molecule has 1 aromatic rings. The number of ether oxygens (including phenoxy) is 1. The van der Waals surface area contributed by atoms with E-state index in [0.29, 0.717) is 25.6 Å². The van der Waals surface area contributed by atoms with Crippen LogP contribution in [0.25, 0.3) is 0 Å². The Balaban J connectivity index is 1.92. The van der Waals surface area contributed by atoms with Crippen molar-refractivity contribution in [1.82, 2.24) is 14.7 Å². The predicted octanol–water partition coefficient (Wildman–Crippen LogP) is 0.641. The van der Waals surface area contributed by atoms with Gasteiger partial charge in [0.25, 0.3) is 0 Å². The molecule has 1 unspecified atom stereocenters. The molecule has 0 N–H and O–H groups in total. The maximum absolute atomic E-state index is 12.1. The van der Waals surface area contributed by atoms with Gasteiger partial charge in [-0.15, -0.1) is 0 Å². The van der Waals surface area contributed by atoms with Crippen molar-refractivity contribution in [2.45, 2.75) is 32.4 Å². The molecule has 0 spiro atoms. The highest BCUT2D eigenvalue weighted by Gasteiger charge is 2.27. The summed E-state index contributed by atoms with van der Waals surface area (Å²) in [6.07, 6.45) is 1.91. The van der Waals surface area contributed by atoms with E-state index < -0.39 is 0 Å². The minimum Gasteiger partial charge on any atom is -0.368 e. The van der Waals surface area contributed by atoms with Crippen LogP contribution in [0.4, 0.5) is 0 Å². The van der Waals surface area contributed by atoms with Crippen LogP contribution in [0, 0.1) is 0 Å². The van der Waals surface area contributed by atoms with Gasteiger partial charge in [0.05, 0.1) is 18.7 Å². The van der Waals surface area contributed by atoms with E-state index >= 15 is 0 Å². The highest BCUT2D eigenvalue weighted by atomic mass is 16.5. The summed E-state index contributed by atoms with van der Waals surface area (Å²) in [4.78, 5) is 14.4. The number of carbonyl (C=O) groups is 1. The monoisotopic (exact) mass is 251 g/mol. The first-order valence-corrected chi connectivity index (χ1v) is 6.43. The average molecular weight is 251 g/mol. The van der Waals surface area contributed by atoms with E-state index in [2.05, 4.69) is 23.8 Å². The normalized spacial score (nSPS) is 21.4. The highest BCUT2D eigenvalue weighted by molar-refractivity contribution is 5.85. The number of aromatic nitrogens is 2. The fourth-order valence-corrected chi connectivity index (χ4v) is 2.18. The van der Waals surface area contributed by atoms with Crippen molar-refractivity contribution in [2.24, 2.45) is 7.05 Å². The molecule has 100 valence electrons. The molecule has 0 aromatic carbocycles. The van der Waals surface area contributed by atoms with E-state index in [-0.39, 0.29) is 11.9 Å². The molecule has 0 bridgehead atoms. The lowest BCUT2D eigenvalue weighted by molar-refractivity contribution is -0.136. The zero-order valence-electron chi connectivity index (χ0n) is 11.3. The van der Waals surface area contributed by atoms with Gasteiger partial charge in [0, 0.05) is 32.4 Å². The molecule has 1 atom stereocenters. The molecule has 5 nitrogen and oxygen atoms in total. The van der Waals surface area contributed by atoms with Gasteiger partial charge in [0.15, 0.2) is 5.78 Å². The van der Waals surface area contributed by atoms with Crippen LogP contribution in [-0.2, 0) is 23.0 Å². The topological polar surface area (TPSA) is 47.4 Å². The second-order valence-corrected chi connectivity index (χ2v) is 5.07. The Labute approximate surface area is 108 Å². The summed E-state index contributed by atoms with van der Waals surface area (Å²) >= 11 is 0. The molecule has 1 saturated heterocycles. The summed E-state index contributed by atoms with van der Waals surface area (Å²) in [6.45, 7) is 6.53. The molecule has 2 rings (SSSR count). The smallest absolute Gasteiger partial charge is 0.168 e. The summed E-state index contributed by atoms with van der Waals surface area (Å²) in [5.41, 5.74) is 0.813. The maximum Gasteiger partial charge on any atom is 0.168 e. The van der Waals surface area contributed by atoms with Crippen molar-refractivity contribution >= 4 is 5.78 Å². The molecule has 1 aromatic heterocycles. The number of carbonyl (C=O) groups excluding carboxylic acids is 1. The Morgan fingerprint density at radius 3 is 3.00 bits per heavy atom. The number of hydrogen-bond donors (Lipinski definition) is 0. The molecule has 18 heavy (non-hydrogen) atoms. The van der Waals surface area contributed by atoms with Crippen molar-refractivity contribution in [1.29, 1.82) is 0 Å². The lowest BCUT2D eigenvalue weighted by Gasteiger charge is -2.34. The molecule has 2 heterocycles. The minimum atomic E-state index is -0.303. The van der Waals surface area contributed by atoms with Crippen molar-refractivity contribution in [3.63, 3.8) is 0 Å². The van der Waals surface area contributed by atoms with E-state index in [4.69, 9.17) is 4.74 Å². The third-order valence-electron chi connectivity index (χ3n) is 3.31. The lowest BCUT2D eigenvalue weighted by Crippen LogP contribution is -2.49. The first kappa shape index (κ1) is 13.2. The Hall–Kier alpha value is -1.20. The number of hydrogen-bond acceptors (Lipinski definition) is 4. The molecule has 1 fully saturated rings. The molecular formula is C13H21N3O2. The number of aryl methyl sites for hydroxylation is 1. The van der Waals surface area contributed by atoms with E-state index in [1.807, 2.05) is 19.3 Å². The fraction of sp³-hybridized carbons (Fsp3) is 0.692. The van der Waals surface area contributed by atoms with Gasteiger partial charge in [-0.25, -0.2) is 0 Å². The van der Waals surface area contributed by atoms with Crippen molar-refractivity contribution in [3.05, 3.63) is 18.0 Å². The number of Topliss-reactive ketones (excluding diaryl/α,β-unsaturated/α-hetero) is 1. The van der Waals surface area contributed by atoms with Crippen molar-refractivity contribution < 1.29 is 9.53 Å². The SMILES string of the molecule is CC(C)N1CCOC(C(=O)Cc2ccn(C)n2)C1. The summed E-state index contributed by atoms with van der Waals surface area (Å²) in [5.74, 6) is 0.124. The Morgan fingerprint density at radius 1 is 1.61 bits per heavy atom. The molecular weight excluding hydrogens is 230 g/mol. The third kappa shape index (κ3) is 3.17. The maximum atomic E-state index is 12.1. The number of nitrogens with zero attached hydrogens (tertiary/aromatic N) is 3. The third-order valence-corrected chi connectivity index (χ3v) is 3.31. The van der Waals surface area contributed by atoms with E-state index in [9.17, 15) is 4.79 Å². The summed E-state index contributed by atoms with van der Waals surface area (Å²) in [7, 11) is 1.85. The van der Waals surface area contributed by atoms with Gasteiger partial charge >= 0.3 is 0 Å². The lowest BCUT2D eigenvalue weighted by atomic mass is 10.1. The number of morpholine rings is 1. The molecule has 0 amide bonds. The Kier molecular flexibility index (Phi) is 4.14. The van der Waals surface area contributed by atoms with Crippen molar-refractivity contribution in [3.8, 4) is 0 Å². The minimum absolute atomic E-state index is 0.124. The van der Waals surface area contributed by atoms with Gasteiger partial charge in [-0.1, -0.05) is 0 Å². The molecule has 0 radical (unpaired) electrons. The van der Waals surface area contributed by atoms with E-state index in [1.54, 1.807) is 4.68 Å². The van der Waals surface area contributed by atoms with Crippen LogP contribution in [0.1, 0.15) is 19.5 Å². The van der Waals surface area contributed by atoms with Crippen molar-refractivity contribution in [2.75, 3.05) is 19.7 Å². The Bertz CT molecular complexity index is 414. The second-order valence-electron chi connectivity index (χ2n) is 5.07. The van der Waals surface area contributed by atoms with Crippen LogP contribution in [0.2, 0.25) is 0 Å². The molecule has 0 aliphatic carbocycles. The highest BCUT2D eigenvalue weighted by Crippen LogP contribution is 2.11. The average Bonchev–Trinajstić information content (AvgIpc) is 2.75. The summed E-state index contributed by atoms with van der Waals surface area (Å²) in [6, 6.07) is 2.33. The van der Waals surface area contributed by atoms with Gasteiger partial charge < -0.3 is 4.74 Å². The second kappa shape index (κ2) is 5.63. The quantitative estimate of drug-likeness (QED) is 0.788. The van der Waals surface area contributed by atoms with Crippen LogP contribution in [0.5, 0.6) is 0 Å². The summed E-state index contributed by atoms with van der Waals surface area (Å²) < 4.78 is 7.29. The van der Waals surface area contributed by atoms with Gasteiger partial charge in [-0.3, -0.25) is 14.4 Å². The van der Waals surface area contributed by atoms with Gasteiger partial charge in [-0.05, 0) is 19.9 Å². The molecule has 0 saturated carbocycles. The fourth-order valence-electron chi connectivity index (χ4n) is 2.18. The van der Waals surface area contributed by atoms with Gasteiger partial charge in [0.1, 0.15) is 6.10 Å². The summed E-state index contributed by atoms with van der Waals surface area (Å²) in [5, 5.41) is 4.23. The largest absolute Gasteiger partial charge is 0.368 e. The van der Waals surface area contributed by atoms with E-state index in [1.165, 1.54) is 0 Å². The number of rotatable bonds is 4. The van der Waals surface area contributed by atoms with Gasteiger partial charge in [-0.2, -0.15) is 5.10 Å². The molecule has 1 aliphatic heterocycles. The molecule has 1 aliphatic rings. The predicted molar refractivity (Wildman–Crippen MR) is 68.4 cm³/mol. The number of ketones is 1. The van der Waals surface area contributed by atoms with Crippen LogP contribution in [-0.4, -0.2) is 52.3 Å². The van der Waals surface area contributed by atoms with E-state index in [0.717, 1.165) is 12.2 Å². The molecule has 5 heteroatoms. The van der Waals surface area contributed by atoms with Crippen LogP contribution in [0.15, 0.2) is 12.3 Å². The van der Waals surface area contributed by atoms with Crippen LogP contribution in [0.3, 0.4) is 0 Å².